The van der Waals surface area contributed by atoms with E-state index >= 15 is 0 Å². The molecule has 3 aliphatic rings. The fraction of sp³-hybridized carbons (Fsp3) is 0.297. The maximum Gasteiger partial charge on any atom is 0.269 e. The van der Waals surface area contributed by atoms with E-state index in [1.807, 2.05) is 30.3 Å². The number of anilines is 2. The molecule has 0 aromatic heterocycles. The van der Waals surface area contributed by atoms with Crippen molar-refractivity contribution in [3.05, 3.63) is 135 Å². The zero-order valence-corrected chi connectivity index (χ0v) is 26.5. The van der Waals surface area contributed by atoms with Crippen LogP contribution in [0, 0.1) is 16.0 Å². The van der Waals surface area contributed by atoms with Gasteiger partial charge in [-0.2, -0.15) is 0 Å². The molecule has 2 saturated heterocycles. The summed E-state index contributed by atoms with van der Waals surface area (Å²) in [6.07, 6.45) is -1.28. The van der Waals surface area contributed by atoms with E-state index in [0.717, 1.165) is 43.0 Å². The van der Waals surface area contributed by atoms with Crippen molar-refractivity contribution in [1.82, 2.24) is 4.90 Å². The van der Waals surface area contributed by atoms with Gasteiger partial charge in [0.1, 0.15) is 0 Å². The molecule has 3 aliphatic heterocycles. The minimum Gasteiger partial charge on any atom is -0.392 e. The maximum absolute atomic E-state index is 13.2. The Morgan fingerprint density at radius 2 is 1.46 bits per heavy atom. The number of non-ortho nitro benzene ring substituents is 1. The number of aliphatic hydroxyl groups is 1. The molecule has 0 saturated carbocycles. The minimum absolute atomic E-state index is 0.0200. The molecule has 11 heteroatoms. The van der Waals surface area contributed by atoms with E-state index in [1.54, 1.807) is 54.6 Å². The highest BCUT2D eigenvalue weighted by atomic mass is 16.7. The number of fused-ring (bicyclic) bond motifs is 1. The molecule has 0 unspecified atom stereocenters. The van der Waals surface area contributed by atoms with Crippen molar-refractivity contribution < 1.29 is 29.1 Å². The topological polar surface area (TPSA) is 126 Å². The summed E-state index contributed by atoms with van der Waals surface area (Å²) in [5, 5.41) is 20.7. The number of nitro groups is 1. The number of carbonyl (C=O) groups is 2. The molecule has 0 bridgehead atoms. The Bertz CT molecular complexity index is 1790. The minimum atomic E-state index is -0.759. The SMILES string of the molecule is C[C@H]1[C@@H](CN2CCN(c3ccc([N+](=O)[O-])cc3)CC2)O[C@@H](c2cccc(N3C(=O)c4ccccc4C3=O)c2)O[C@H]1c1ccc(CO)cc1. The molecule has 4 aromatic carbocycles. The van der Waals surface area contributed by atoms with Crippen molar-refractivity contribution in [2.24, 2.45) is 5.92 Å². The third-order valence-corrected chi connectivity index (χ3v) is 9.55. The highest BCUT2D eigenvalue weighted by molar-refractivity contribution is 6.34. The van der Waals surface area contributed by atoms with Gasteiger partial charge >= 0.3 is 0 Å². The highest BCUT2D eigenvalue weighted by Gasteiger charge is 2.41. The average molecular weight is 649 g/mol. The molecular weight excluding hydrogens is 612 g/mol. The molecule has 0 spiro atoms. The zero-order chi connectivity index (χ0) is 33.4. The van der Waals surface area contributed by atoms with Crippen molar-refractivity contribution >= 4 is 28.9 Å². The van der Waals surface area contributed by atoms with Gasteiger partial charge in [0.25, 0.3) is 17.5 Å². The third-order valence-electron chi connectivity index (χ3n) is 9.55. The van der Waals surface area contributed by atoms with Crippen LogP contribution in [0.1, 0.15) is 56.7 Å². The Morgan fingerprint density at radius 3 is 2.08 bits per heavy atom. The van der Waals surface area contributed by atoms with Gasteiger partial charge in [0.2, 0.25) is 0 Å². The molecule has 11 nitrogen and oxygen atoms in total. The lowest BCUT2D eigenvalue weighted by molar-refractivity contribution is -0.384. The number of nitro benzene ring substituents is 1. The van der Waals surface area contributed by atoms with Crippen molar-refractivity contribution in [2.75, 3.05) is 42.5 Å². The molecule has 0 radical (unpaired) electrons. The van der Waals surface area contributed by atoms with Crippen molar-refractivity contribution in [3.63, 3.8) is 0 Å². The van der Waals surface area contributed by atoms with Crippen LogP contribution >= 0.6 is 0 Å². The van der Waals surface area contributed by atoms with E-state index in [9.17, 15) is 24.8 Å². The summed E-state index contributed by atoms with van der Waals surface area (Å²) in [4.78, 5) is 43.0. The Labute approximate surface area is 278 Å². The van der Waals surface area contributed by atoms with Crippen molar-refractivity contribution in [1.29, 1.82) is 0 Å². The second kappa shape index (κ2) is 13.3. The smallest absolute Gasteiger partial charge is 0.269 e. The first-order valence-corrected chi connectivity index (χ1v) is 16.1. The van der Waals surface area contributed by atoms with Gasteiger partial charge in [-0.1, -0.05) is 55.5 Å². The number of ether oxygens (including phenoxy) is 2. The fourth-order valence-electron chi connectivity index (χ4n) is 6.79. The number of imide groups is 1. The standard InChI is InChI=1S/C37H36N4O7/c1-24-33(22-38-17-19-39(20-18-38)28-13-15-29(16-14-28)41(45)46)47-37(48-34(24)26-11-9-25(23-42)10-12-26)27-5-4-6-30(21-27)40-35(43)31-7-2-3-8-32(31)36(40)44/h2-16,21,24,33-34,37,42H,17-20,22-23H2,1H3/t24-,33+,34+,37+/m0/s1. The first-order chi connectivity index (χ1) is 23.3. The van der Waals surface area contributed by atoms with E-state index in [2.05, 4.69) is 16.7 Å². The van der Waals surface area contributed by atoms with Gasteiger partial charge in [-0.25, -0.2) is 4.90 Å². The number of amides is 2. The van der Waals surface area contributed by atoms with E-state index < -0.39 is 6.29 Å². The fourth-order valence-corrected chi connectivity index (χ4v) is 6.79. The highest BCUT2D eigenvalue weighted by Crippen LogP contribution is 2.43. The van der Waals surface area contributed by atoms with E-state index in [-0.39, 0.29) is 47.2 Å². The van der Waals surface area contributed by atoms with Gasteiger partial charge in [-0.15, -0.1) is 0 Å². The van der Waals surface area contributed by atoms with Crippen LogP contribution in [0.15, 0.2) is 97.1 Å². The normalized spacial score (nSPS) is 23.0. The average Bonchev–Trinajstić information content (AvgIpc) is 3.38. The molecule has 4 aromatic rings. The number of hydrogen-bond acceptors (Lipinski definition) is 9. The second-order valence-corrected chi connectivity index (χ2v) is 12.5. The Balaban J connectivity index is 1.11. The van der Waals surface area contributed by atoms with Gasteiger partial charge in [-0.05, 0) is 47.5 Å². The largest absolute Gasteiger partial charge is 0.392 e. The third kappa shape index (κ3) is 6.09. The second-order valence-electron chi connectivity index (χ2n) is 12.5. The quantitative estimate of drug-likeness (QED) is 0.150. The first kappa shape index (κ1) is 31.6. The summed E-state index contributed by atoms with van der Waals surface area (Å²) in [5.41, 5.74) is 4.73. The molecular formula is C37H36N4O7. The molecule has 0 aliphatic carbocycles. The molecule has 246 valence electrons. The van der Waals surface area contributed by atoms with Crippen LogP contribution in [0.25, 0.3) is 0 Å². The van der Waals surface area contributed by atoms with Crippen LogP contribution in [0.2, 0.25) is 0 Å². The summed E-state index contributed by atoms with van der Waals surface area (Å²) in [5.74, 6) is -0.743. The van der Waals surface area contributed by atoms with Gasteiger partial charge in [-0.3, -0.25) is 24.6 Å². The number of nitrogens with zero attached hydrogens (tertiary/aromatic N) is 4. The molecule has 48 heavy (non-hydrogen) atoms. The molecule has 1 N–H and O–H groups in total. The first-order valence-electron chi connectivity index (χ1n) is 16.1. The summed E-state index contributed by atoms with van der Waals surface area (Å²) in [7, 11) is 0. The maximum atomic E-state index is 13.2. The number of rotatable bonds is 8. The zero-order valence-electron chi connectivity index (χ0n) is 26.5. The Morgan fingerprint density at radius 1 is 0.792 bits per heavy atom. The number of benzene rings is 4. The lowest BCUT2D eigenvalue weighted by Gasteiger charge is -2.44. The van der Waals surface area contributed by atoms with E-state index in [0.29, 0.717) is 28.9 Å². The van der Waals surface area contributed by atoms with Gasteiger partial charge < -0.3 is 19.5 Å². The van der Waals surface area contributed by atoms with Gasteiger partial charge in [0.15, 0.2) is 6.29 Å². The number of carbonyl (C=O) groups excluding carboxylic acids is 2. The van der Waals surface area contributed by atoms with Crippen LogP contribution < -0.4 is 9.80 Å². The predicted octanol–water partition coefficient (Wildman–Crippen LogP) is 5.50. The van der Waals surface area contributed by atoms with Crippen molar-refractivity contribution in [2.45, 2.75) is 32.0 Å². The molecule has 2 amide bonds. The van der Waals surface area contributed by atoms with E-state index in [1.165, 1.54) is 17.0 Å². The number of aliphatic hydroxyl groups excluding tert-OH is 1. The summed E-state index contributed by atoms with van der Waals surface area (Å²) >= 11 is 0. The molecule has 3 heterocycles. The van der Waals surface area contributed by atoms with Crippen LogP contribution in [0.5, 0.6) is 0 Å². The lowest BCUT2D eigenvalue weighted by Crippen LogP contribution is -2.51. The van der Waals surface area contributed by atoms with Crippen LogP contribution in [0.4, 0.5) is 17.1 Å². The molecule has 7 rings (SSSR count). The predicted molar refractivity (Wildman–Crippen MR) is 179 cm³/mol. The number of piperazine rings is 1. The van der Waals surface area contributed by atoms with Crippen LogP contribution in [0.3, 0.4) is 0 Å². The van der Waals surface area contributed by atoms with Gasteiger partial charge in [0.05, 0.1) is 40.6 Å². The lowest BCUT2D eigenvalue weighted by atomic mass is 9.90. The summed E-state index contributed by atoms with van der Waals surface area (Å²) < 4.78 is 13.3. The van der Waals surface area contributed by atoms with Crippen LogP contribution in [-0.4, -0.2) is 65.6 Å². The molecule has 4 atom stereocenters. The summed E-state index contributed by atoms with van der Waals surface area (Å²) in [6, 6.07) is 28.4. The number of hydrogen-bond donors (Lipinski definition) is 1. The van der Waals surface area contributed by atoms with Crippen LogP contribution in [-0.2, 0) is 16.1 Å². The molecule has 2 fully saturated rings. The van der Waals surface area contributed by atoms with Gasteiger partial charge in [0, 0.05) is 62.0 Å². The van der Waals surface area contributed by atoms with E-state index in [4.69, 9.17) is 9.47 Å². The monoisotopic (exact) mass is 648 g/mol. The summed E-state index contributed by atoms with van der Waals surface area (Å²) in [6.45, 7) is 5.86. The van der Waals surface area contributed by atoms with Crippen molar-refractivity contribution in [3.8, 4) is 0 Å². The Hall–Kier alpha value is -4.94. The Kier molecular flexibility index (Phi) is 8.76.